The van der Waals surface area contributed by atoms with E-state index in [4.69, 9.17) is 11.6 Å². The number of fused-ring (bicyclic) bond motifs is 1. The number of benzene rings is 2. The first kappa shape index (κ1) is 13.3. The van der Waals surface area contributed by atoms with Crippen molar-refractivity contribution in [3.8, 4) is 22.9 Å². The van der Waals surface area contributed by atoms with E-state index in [-0.39, 0.29) is 33.2 Å². The van der Waals surface area contributed by atoms with Crippen molar-refractivity contribution in [2.75, 3.05) is 0 Å². The Bertz CT molecular complexity index is 921. The van der Waals surface area contributed by atoms with Gasteiger partial charge in [-0.2, -0.15) is 0 Å². The standard InChI is InChI=1S/C14H9ClN2O4/c15-9-3-7(18)1-2-11(9)17-6-16-10-4-8(19)5-12(20)13(10)14(17)21/h1-6,18-20H. The summed E-state index contributed by atoms with van der Waals surface area (Å²) in [4.78, 5) is 16.5. The fourth-order valence-corrected chi connectivity index (χ4v) is 2.34. The number of phenols is 3. The second kappa shape index (κ2) is 4.68. The molecule has 1 aromatic heterocycles. The molecule has 0 spiro atoms. The molecule has 0 atom stereocenters. The maximum atomic E-state index is 12.5. The van der Waals surface area contributed by atoms with E-state index in [0.29, 0.717) is 5.69 Å². The monoisotopic (exact) mass is 304 g/mol. The number of aromatic hydroxyl groups is 3. The van der Waals surface area contributed by atoms with Gasteiger partial charge in [-0.15, -0.1) is 0 Å². The van der Waals surface area contributed by atoms with Crippen molar-refractivity contribution in [3.05, 3.63) is 52.0 Å². The molecule has 0 aliphatic carbocycles. The maximum Gasteiger partial charge on any atom is 0.269 e. The van der Waals surface area contributed by atoms with E-state index in [1.165, 1.54) is 30.6 Å². The summed E-state index contributed by atoms with van der Waals surface area (Å²) < 4.78 is 1.15. The minimum absolute atomic E-state index is 0.0283. The number of halogens is 1. The molecule has 21 heavy (non-hydrogen) atoms. The molecular formula is C14H9ClN2O4. The van der Waals surface area contributed by atoms with Crippen molar-refractivity contribution in [1.29, 1.82) is 0 Å². The molecule has 3 N–H and O–H groups in total. The van der Waals surface area contributed by atoms with Gasteiger partial charge in [-0.05, 0) is 12.1 Å². The number of rotatable bonds is 1. The van der Waals surface area contributed by atoms with Gasteiger partial charge < -0.3 is 15.3 Å². The molecule has 0 aliphatic heterocycles. The van der Waals surface area contributed by atoms with Crippen LogP contribution >= 0.6 is 11.6 Å². The predicted molar refractivity (Wildman–Crippen MR) is 77.3 cm³/mol. The molecule has 0 radical (unpaired) electrons. The fraction of sp³-hybridized carbons (Fsp3) is 0. The van der Waals surface area contributed by atoms with Crippen molar-refractivity contribution < 1.29 is 15.3 Å². The second-order valence-electron chi connectivity index (χ2n) is 4.41. The minimum Gasteiger partial charge on any atom is -0.508 e. The molecule has 1 heterocycles. The quantitative estimate of drug-likeness (QED) is 0.640. The van der Waals surface area contributed by atoms with Crippen LogP contribution in [0, 0.1) is 0 Å². The van der Waals surface area contributed by atoms with Crippen molar-refractivity contribution in [2.45, 2.75) is 0 Å². The summed E-state index contributed by atoms with van der Waals surface area (Å²) in [7, 11) is 0. The molecule has 106 valence electrons. The van der Waals surface area contributed by atoms with Gasteiger partial charge in [0.05, 0.1) is 16.2 Å². The topological polar surface area (TPSA) is 95.6 Å². The molecule has 0 aliphatic rings. The summed E-state index contributed by atoms with van der Waals surface area (Å²) in [6.45, 7) is 0. The van der Waals surface area contributed by atoms with E-state index >= 15 is 0 Å². The Hall–Kier alpha value is -2.73. The molecule has 0 unspecified atom stereocenters. The van der Waals surface area contributed by atoms with Crippen molar-refractivity contribution >= 4 is 22.5 Å². The van der Waals surface area contributed by atoms with Crippen LogP contribution in [0.15, 0.2) is 41.5 Å². The van der Waals surface area contributed by atoms with Crippen LogP contribution in [-0.2, 0) is 0 Å². The highest BCUT2D eigenvalue weighted by molar-refractivity contribution is 6.32. The Balaban J connectivity index is 2.35. The summed E-state index contributed by atoms with van der Waals surface area (Å²) in [5.74, 6) is -0.586. The van der Waals surface area contributed by atoms with Crippen LogP contribution in [0.2, 0.25) is 5.02 Å². The average Bonchev–Trinajstić information content (AvgIpc) is 2.39. The van der Waals surface area contributed by atoms with Gasteiger partial charge in [0, 0.05) is 18.2 Å². The van der Waals surface area contributed by atoms with Crippen molar-refractivity contribution in [3.63, 3.8) is 0 Å². The van der Waals surface area contributed by atoms with Gasteiger partial charge in [-0.1, -0.05) is 11.6 Å². The Labute approximate surface area is 123 Å². The largest absolute Gasteiger partial charge is 0.508 e. The first-order chi connectivity index (χ1) is 9.97. The molecule has 0 saturated heterocycles. The van der Waals surface area contributed by atoms with Crippen LogP contribution in [0.4, 0.5) is 0 Å². The number of aromatic nitrogens is 2. The Kier molecular flexibility index (Phi) is 2.95. The Morgan fingerprint density at radius 2 is 1.81 bits per heavy atom. The number of hydrogen-bond donors (Lipinski definition) is 3. The highest BCUT2D eigenvalue weighted by atomic mass is 35.5. The molecule has 0 saturated carbocycles. The van der Waals surface area contributed by atoms with E-state index in [9.17, 15) is 20.1 Å². The molecule has 0 bridgehead atoms. The molecule has 0 amide bonds. The zero-order valence-electron chi connectivity index (χ0n) is 10.5. The van der Waals surface area contributed by atoms with E-state index in [0.717, 1.165) is 10.6 Å². The molecule has 0 fully saturated rings. The number of phenolic OH excluding ortho intramolecular Hbond substituents is 3. The SMILES string of the molecule is O=c1c2c(O)cc(O)cc2ncn1-c1ccc(O)cc1Cl. The van der Waals surface area contributed by atoms with Gasteiger partial charge in [-0.3, -0.25) is 9.36 Å². The number of hydrogen-bond acceptors (Lipinski definition) is 5. The minimum atomic E-state index is -0.537. The lowest BCUT2D eigenvalue weighted by Gasteiger charge is -2.09. The zero-order valence-corrected chi connectivity index (χ0v) is 11.2. The number of nitrogens with zero attached hydrogens (tertiary/aromatic N) is 2. The first-order valence-corrected chi connectivity index (χ1v) is 6.27. The van der Waals surface area contributed by atoms with E-state index in [1.54, 1.807) is 0 Å². The van der Waals surface area contributed by atoms with Gasteiger partial charge in [0.1, 0.15) is 29.0 Å². The van der Waals surface area contributed by atoms with E-state index in [1.807, 2.05) is 0 Å². The van der Waals surface area contributed by atoms with Crippen LogP contribution in [0.3, 0.4) is 0 Å². The third-order valence-corrected chi connectivity index (χ3v) is 3.32. The predicted octanol–water partition coefficient (Wildman–Crippen LogP) is 2.16. The van der Waals surface area contributed by atoms with Gasteiger partial charge in [0.25, 0.3) is 5.56 Å². The van der Waals surface area contributed by atoms with Gasteiger partial charge in [0.2, 0.25) is 0 Å². The summed E-state index contributed by atoms with van der Waals surface area (Å²) in [6, 6.07) is 6.48. The molecular weight excluding hydrogens is 296 g/mol. The molecule has 3 rings (SSSR count). The van der Waals surface area contributed by atoms with Crippen molar-refractivity contribution in [2.24, 2.45) is 0 Å². The summed E-state index contributed by atoms with van der Waals surface area (Å²) in [5.41, 5.74) is -0.0462. The lowest BCUT2D eigenvalue weighted by Crippen LogP contribution is -2.19. The maximum absolute atomic E-state index is 12.5. The van der Waals surface area contributed by atoms with Crippen molar-refractivity contribution in [1.82, 2.24) is 9.55 Å². The van der Waals surface area contributed by atoms with Crippen LogP contribution in [0.5, 0.6) is 17.2 Å². The van der Waals surface area contributed by atoms with E-state index in [2.05, 4.69) is 4.98 Å². The highest BCUT2D eigenvalue weighted by Crippen LogP contribution is 2.28. The molecule has 6 nitrogen and oxygen atoms in total. The zero-order chi connectivity index (χ0) is 15.1. The van der Waals surface area contributed by atoms with Gasteiger partial charge in [0.15, 0.2) is 0 Å². The smallest absolute Gasteiger partial charge is 0.269 e. The fourth-order valence-electron chi connectivity index (χ4n) is 2.07. The Morgan fingerprint density at radius 3 is 2.52 bits per heavy atom. The summed E-state index contributed by atoms with van der Waals surface area (Å²) >= 11 is 6.00. The molecule has 7 heteroatoms. The Morgan fingerprint density at radius 1 is 1.05 bits per heavy atom. The average molecular weight is 305 g/mol. The summed E-state index contributed by atoms with van der Waals surface area (Å²) in [5, 5.41) is 28.7. The third-order valence-electron chi connectivity index (χ3n) is 3.02. The van der Waals surface area contributed by atoms with Crippen LogP contribution < -0.4 is 5.56 Å². The van der Waals surface area contributed by atoms with Crippen LogP contribution in [0.1, 0.15) is 0 Å². The van der Waals surface area contributed by atoms with E-state index < -0.39 is 5.56 Å². The van der Waals surface area contributed by atoms with Crippen LogP contribution in [0.25, 0.3) is 16.6 Å². The first-order valence-electron chi connectivity index (χ1n) is 5.89. The molecule has 3 aromatic rings. The highest BCUT2D eigenvalue weighted by Gasteiger charge is 2.13. The van der Waals surface area contributed by atoms with Gasteiger partial charge >= 0.3 is 0 Å². The lowest BCUT2D eigenvalue weighted by atomic mass is 10.2. The molecule has 2 aromatic carbocycles. The third kappa shape index (κ3) is 2.15. The van der Waals surface area contributed by atoms with Crippen LogP contribution in [-0.4, -0.2) is 24.9 Å². The second-order valence-corrected chi connectivity index (χ2v) is 4.82. The van der Waals surface area contributed by atoms with Gasteiger partial charge in [-0.25, -0.2) is 4.98 Å². The normalized spacial score (nSPS) is 10.9. The lowest BCUT2D eigenvalue weighted by molar-refractivity contribution is 0.454. The summed E-state index contributed by atoms with van der Waals surface area (Å²) in [6.07, 6.45) is 1.24.